The Hall–Kier alpha value is -4.19. The number of pyridine rings is 1. The molecule has 5 aromatic heterocycles. The van der Waals surface area contributed by atoms with Crippen LogP contribution in [0.4, 0.5) is 0 Å². The van der Waals surface area contributed by atoms with Crippen molar-refractivity contribution < 1.29 is 0 Å². The first-order valence-corrected chi connectivity index (χ1v) is 13.6. The summed E-state index contributed by atoms with van der Waals surface area (Å²) in [5, 5.41) is 12.8. The molecule has 5 heterocycles. The van der Waals surface area contributed by atoms with Gasteiger partial charge in [-0.1, -0.05) is 60.7 Å². The van der Waals surface area contributed by atoms with E-state index in [1.54, 1.807) is 0 Å². The minimum absolute atomic E-state index is 1.02. The van der Waals surface area contributed by atoms with E-state index in [2.05, 4.69) is 102 Å². The summed E-state index contributed by atoms with van der Waals surface area (Å²) in [6.07, 6.45) is 2.17. The van der Waals surface area contributed by atoms with Gasteiger partial charge in [0.05, 0.1) is 28.4 Å². The molecule has 0 amide bonds. The van der Waals surface area contributed by atoms with E-state index in [-0.39, 0.29) is 0 Å². The summed E-state index contributed by atoms with van der Waals surface area (Å²) < 4.78 is 8.49. The van der Waals surface area contributed by atoms with Crippen LogP contribution >= 0.6 is 22.7 Å². The van der Waals surface area contributed by atoms with E-state index in [1.807, 2.05) is 33.3 Å². The summed E-state index contributed by atoms with van der Waals surface area (Å²) in [5.74, 6) is 0. The third kappa shape index (κ3) is 2.34. The van der Waals surface area contributed by atoms with Crippen LogP contribution < -0.4 is 0 Å². The fourth-order valence-electron chi connectivity index (χ4n) is 5.80. The maximum Gasteiger partial charge on any atom is 0.109 e. The highest BCUT2D eigenvalue weighted by molar-refractivity contribution is 7.28. The maximum absolute atomic E-state index is 4.88. The molecule has 9 aromatic rings. The Morgan fingerprint density at radius 2 is 1.28 bits per heavy atom. The molecule has 0 unspecified atom stereocenters. The smallest absolute Gasteiger partial charge is 0.109 e. The van der Waals surface area contributed by atoms with Gasteiger partial charge >= 0.3 is 0 Å². The molecule has 0 spiro atoms. The van der Waals surface area contributed by atoms with Crippen LogP contribution in [0.2, 0.25) is 0 Å². The minimum atomic E-state index is 1.02. The van der Waals surface area contributed by atoms with Crippen LogP contribution in [0.1, 0.15) is 0 Å². The molecule has 36 heavy (non-hydrogen) atoms. The van der Waals surface area contributed by atoms with Gasteiger partial charge in [0.1, 0.15) is 4.83 Å². The van der Waals surface area contributed by atoms with Crippen LogP contribution in [0.5, 0.6) is 0 Å². The van der Waals surface area contributed by atoms with Gasteiger partial charge in [-0.05, 0) is 36.4 Å². The quantitative estimate of drug-likeness (QED) is 0.222. The topological polar surface area (TPSA) is 22.2 Å². The van der Waals surface area contributed by atoms with Gasteiger partial charge in [0.25, 0.3) is 0 Å². The highest BCUT2D eigenvalue weighted by atomic mass is 32.1. The summed E-state index contributed by atoms with van der Waals surface area (Å²) in [6, 6.07) is 35.0. The molecule has 0 aliphatic heterocycles. The lowest BCUT2D eigenvalue weighted by molar-refractivity contribution is 0.964. The van der Waals surface area contributed by atoms with E-state index in [4.69, 9.17) is 5.10 Å². The van der Waals surface area contributed by atoms with Crippen LogP contribution in [0.25, 0.3) is 73.5 Å². The third-order valence-electron chi connectivity index (χ3n) is 7.36. The number of hydrogen-bond acceptors (Lipinski definition) is 3. The lowest BCUT2D eigenvalue weighted by Crippen LogP contribution is -1.96. The Bertz CT molecular complexity index is 2330. The van der Waals surface area contributed by atoms with Gasteiger partial charge in [-0.3, -0.25) is 4.57 Å². The number of aromatic nitrogens is 3. The standard InChI is InChI=1S/C31H17N3S2/c1-4-10-23-21(8-1)24-15-13-18(17-33(24)32-23)34-25-16-14-20-19-7-2-5-11-26(19)35-30(20)29(25)28-22-9-3-6-12-27(22)36-31(28)34/h1-17H. The molecule has 0 saturated carbocycles. The van der Waals surface area contributed by atoms with E-state index >= 15 is 0 Å². The van der Waals surface area contributed by atoms with Crippen molar-refractivity contribution >= 4 is 90.5 Å². The van der Waals surface area contributed by atoms with Crippen LogP contribution in [0.3, 0.4) is 0 Å². The fraction of sp³-hybridized carbons (Fsp3) is 0. The van der Waals surface area contributed by atoms with Crippen molar-refractivity contribution in [3.8, 4) is 5.69 Å². The van der Waals surface area contributed by atoms with Gasteiger partial charge in [-0.15, -0.1) is 22.7 Å². The first-order valence-electron chi connectivity index (χ1n) is 12.0. The second-order valence-electron chi connectivity index (χ2n) is 9.28. The van der Waals surface area contributed by atoms with E-state index in [1.165, 1.54) is 56.8 Å². The number of hydrogen-bond donors (Lipinski definition) is 0. The third-order valence-corrected chi connectivity index (χ3v) is 9.72. The van der Waals surface area contributed by atoms with E-state index < -0.39 is 0 Å². The van der Waals surface area contributed by atoms with E-state index in [0.717, 1.165) is 16.7 Å². The molecule has 0 atom stereocenters. The first kappa shape index (κ1) is 19.1. The van der Waals surface area contributed by atoms with Crippen molar-refractivity contribution in [2.75, 3.05) is 0 Å². The van der Waals surface area contributed by atoms with Gasteiger partial charge in [0.15, 0.2) is 0 Å². The number of benzene rings is 4. The molecule has 4 aromatic carbocycles. The molecule has 0 aliphatic carbocycles. The maximum atomic E-state index is 4.88. The largest absolute Gasteiger partial charge is 0.299 e. The van der Waals surface area contributed by atoms with Crippen LogP contribution in [0.15, 0.2) is 103 Å². The predicted octanol–water partition coefficient (Wildman–Crippen LogP) is 9.17. The zero-order valence-corrected chi connectivity index (χ0v) is 20.6. The summed E-state index contributed by atoms with van der Waals surface area (Å²) in [6.45, 7) is 0. The van der Waals surface area contributed by atoms with Crippen LogP contribution in [0, 0.1) is 0 Å². The molecule has 0 bridgehead atoms. The summed E-state index contributed by atoms with van der Waals surface area (Å²) in [4.78, 5) is 1.28. The van der Waals surface area contributed by atoms with Crippen molar-refractivity contribution in [1.82, 2.24) is 14.2 Å². The Morgan fingerprint density at radius 1 is 0.556 bits per heavy atom. The zero-order valence-electron chi connectivity index (χ0n) is 19.0. The molecular formula is C31H17N3S2. The zero-order chi connectivity index (χ0) is 23.4. The van der Waals surface area contributed by atoms with Crippen molar-refractivity contribution in [3.05, 3.63) is 103 Å². The predicted molar refractivity (Wildman–Crippen MR) is 155 cm³/mol. The number of fused-ring (bicyclic) bond motifs is 12. The molecule has 5 heteroatoms. The molecule has 0 aliphatic rings. The molecule has 0 N–H and O–H groups in total. The van der Waals surface area contributed by atoms with Gasteiger partial charge in [0, 0.05) is 46.4 Å². The first-order chi connectivity index (χ1) is 17.8. The van der Waals surface area contributed by atoms with Crippen LogP contribution in [-0.2, 0) is 0 Å². The van der Waals surface area contributed by atoms with Crippen molar-refractivity contribution in [1.29, 1.82) is 0 Å². The summed E-state index contributed by atoms with van der Waals surface area (Å²) in [5.41, 5.74) is 4.52. The summed E-state index contributed by atoms with van der Waals surface area (Å²) >= 11 is 3.78. The average Bonchev–Trinajstić information content (AvgIpc) is 3.65. The molecule has 9 rings (SSSR count). The SMILES string of the molecule is c1ccc2c(c1)nn1cc(-n3c4ccc5c6ccccc6sc5c4c4c5ccccc5sc43)ccc21. The monoisotopic (exact) mass is 495 g/mol. The molecule has 0 radical (unpaired) electrons. The Labute approximate surface area is 213 Å². The van der Waals surface area contributed by atoms with Gasteiger partial charge in [0.2, 0.25) is 0 Å². The second-order valence-corrected chi connectivity index (χ2v) is 11.4. The lowest BCUT2D eigenvalue weighted by Gasteiger charge is -2.08. The van der Waals surface area contributed by atoms with Gasteiger partial charge in [-0.2, -0.15) is 5.10 Å². The number of nitrogens with zero attached hydrogens (tertiary/aromatic N) is 3. The molecule has 3 nitrogen and oxygen atoms in total. The van der Waals surface area contributed by atoms with E-state index in [9.17, 15) is 0 Å². The second kappa shape index (κ2) is 6.72. The van der Waals surface area contributed by atoms with Crippen molar-refractivity contribution in [2.24, 2.45) is 0 Å². The molecule has 168 valence electrons. The summed E-state index contributed by atoms with van der Waals surface area (Å²) in [7, 11) is 0. The van der Waals surface area contributed by atoms with Crippen molar-refractivity contribution in [2.45, 2.75) is 0 Å². The normalized spacial score (nSPS) is 12.4. The highest BCUT2D eigenvalue weighted by Gasteiger charge is 2.21. The fourth-order valence-corrected chi connectivity index (χ4v) is 8.30. The Morgan fingerprint density at radius 3 is 2.17 bits per heavy atom. The molecule has 0 saturated heterocycles. The molecular weight excluding hydrogens is 478 g/mol. The Balaban J connectivity index is 1.47. The Kier molecular flexibility index (Phi) is 3.56. The number of rotatable bonds is 1. The molecule has 0 fully saturated rings. The van der Waals surface area contributed by atoms with E-state index in [0.29, 0.717) is 0 Å². The lowest BCUT2D eigenvalue weighted by atomic mass is 10.1. The highest BCUT2D eigenvalue weighted by Crippen LogP contribution is 2.47. The average molecular weight is 496 g/mol. The number of thiophene rings is 2. The van der Waals surface area contributed by atoms with Crippen LogP contribution in [-0.4, -0.2) is 14.2 Å². The van der Waals surface area contributed by atoms with Gasteiger partial charge < -0.3 is 0 Å². The van der Waals surface area contributed by atoms with Gasteiger partial charge in [-0.25, -0.2) is 4.52 Å². The van der Waals surface area contributed by atoms with Crippen molar-refractivity contribution in [3.63, 3.8) is 0 Å². The minimum Gasteiger partial charge on any atom is -0.299 e.